The Morgan fingerprint density at radius 3 is 2.24 bits per heavy atom. The van der Waals surface area contributed by atoms with Crippen molar-refractivity contribution in [3.63, 3.8) is 0 Å². The first-order chi connectivity index (χ1) is 7.88. The van der Waals surface area contributed by atoms with E-state index in [9.17, 15) is 18.3 Å². The van der Waals surface area contributed by atoms with E-state index in [4.69, 9.17) is 6.42 Å². The van der Waals surface area contributed by atoms with Crippen LogP contribution in [-0.2, 0) is 0 Å². The van der Waals surface area contributed by atoms with Crippen molar-refractivity contribution in [3.05, 3.63) is 47.0 Å². The molecule has 90 valence electrons. The molecule has 1 nitrogen and oxygen atoms in total. The molecule has 0 saturated carbocycles. The summed E-state index contributed by atoms with van der Waals surface area (Å²) >= 11 is 0. The lowest BCUT2D eigenvalue weighted by Crippen LogP contribution is -2.20. The molecule has 17 heavy (non-hydrogen) atoms. The van der Waals surface area contributed by atoms with E-state index in [0.717, 1.165) is 6.92 Å². The van der Waals surface area contributed by atoms with Crippen molar-refractivity contribution in [1.82, 2.24) is 0 Å². The summed E-state index contributed by atoms with van der Waals surface area (Å²) in [5, 5.41) is 9.74. The number of rotatable bonds is 2. The second-order valence-electron chi connectivity index (χ2n) is 3.49. The molecule has 1 atom stereocenters. The minimum absolute atomic E-state index is 0.162. The highest BCUT2D eigenvalue weighted by Gasteiger charge is 2.40. The maximum atomic E-state index is 12.8. The zero-order valence-electron chi connectivity index (χ0n) is 9.12. The number of hydrogen-bond acceptors (Lipinski definition) is 1. The van der Waals surface area contributed by atoms with Gasteiger partial charge in [0.25, 0.3) is 0 Å². The van der Waals surface area contributed by atoms with Crippen LogP contribution in [0.3, 0.4) is 0 Å². The molecule has 0 heterocycles. The lowest BCUT2D eigenvalue weighted by molar-refractivity contribution is -0.106. The zero-order valence-corrected chi connectivity index (χ0v) is 9.12. The standard InChI is InChI=1S/C13H11F3O/c1-3-9(2)11(13(14,15)16)12(17)10-7-5-4-6-8-10/h1,4-8,12,17H,2H3/b11-9-. The molecular formula is C13H11F3O. The van der Waals surface area contributed by atoms with E-state index in [2.05, 4.69) is 0 Å². The Morgan fingerprint density at radius 2 is 1.82 bits per heavy atom. The first-order valence-corrected chi connectivity index (χ1v) is 4.85. The van der Waals surface area contributed by atoms with Gasteiger partial charge in [-0.15, -0.1) is 6.42 Å². The Kier molecular flexibility index (Phi) is 3.97. The molecule has 0 aromatic heterocycles. The highest BCUT2D eigenvalue weighted by atomic mass is 19.4. The molecule has 4 heteroatoms. The van der Waals surface area contributed by atoms with Crippen LogP contribution in [0.1, 0.15) is 18.6 Å². The topological polar surface area (TPSA) is 20.2 Å². The summed E-state index contributed by atoms with van der Waals surface area (Å²) in [5.41, 5.74) is -1.24. The molecule has 1 aromatic carbocycles. The van der Waals surface area contributed by atoms with Gasteiger partial charge >= 0.3 is 6.18 Å². The Morgan fingerprint density at radius 1 is 1.29 bits per heavy atom. The van der Waals surface area contributed by atoms with E-state index in [1.165, 1.54) is 12.1 Å². The summed E-state index contributed by atoms with van der Waals surface area (Å²) in [5.74, 6) is 1.92. The summed E-state index contributed by atoms with van der Waals surface area (Å²) < 4.78 is 38.3. The Hall–Kier alpha value is -1.73. The number of aliphatic hydroxyl groups is 1. The predicted octanol–water partition coefficient (Wildman–Crippen LogP) is 3.23. The first kappa shape index (κ1) is 13.3. The SMILES string of the molecule is C#C/C(C)=C(/C(O)c1ccccc1)C(F)(F)F. The van der Waals surface area contributed by atoms with Crippen LogP contribution >= 0.6 is 0 Å². The fourth-order valence-electron chi connectivity index (χ4n) is 1.45. The Labute approximate surface area is 97.6 Å². The fraction of sp³-hybridized carbons (Fsp3) is 0.231. The van der Waals surface area contributed by atoms with Gasteiger partial charge in [0.2, 0.25) is 0 Å². The molecular weight excluding hydrogens is 229 g/mol. The van der Waals surface area contributed by atoms with Crippen LogP contribution in [0.25, 0.3) is 0 Å². The van der Waals surface area contributed by atoms with Crippen molar-refractivity contribution in [3.8, 4) is 12.3 Å². The number of benzene rings is 1. The van der Waals surface area contributed by atoms with Gasteiger partial charge in [-0.3, -0.25) is 0 Å². The summed E-state index contributed by atoms with van der Waals surface area (Å²) in [6.07, 6.45) is -1.44. The van der Waals surface area contributed by atoms with Gasteiger partial charge in [0, 0.05) is 5.57 Å². The van der Waals surface area contributed by atoms with Gasteiger partial charge in [-0.25, -0.2) is 0 Å². The maximum absolute atomic E-state index is 12.8. The smallest absolute Gasteiger partial charge is 0.384 e. The molecule has 0 aliphatic rings. The van der Waals surface area contributed by atoms with Gasteiger partial charge in [-0.1, -0.05) is 36.3 Å². The van der Waals surface area contributed by atoms with Gasteiger partial charge in [0.05, 0.1) is 5.57 Å². The van der Waals surface area contributed by atoms with Crippen molar-refractivity contribution >= 4 is 0 Å². The third-order valence-electron chi connectivity index (χ3n) is 2.31. The van der Waals surface area contributed by atoms with Crippen LogP contribution in [0.15, 0.2) is 41.5 Å². The van der Waals surface area contributed by atoms with Crippen molar-refractivity contribution < 1.29 is 18.3 Å². The normalized spacial score (nSPS) is 14.8. The van der Waals surface area contributed by atoms with Gasteiger partial charge in [-0.05, 0) is 12.5 Å². The molecule has 0 aliphatic heterocycles. The molecule has 1 rings (SSSR count). The van der Waals surface area contributed by atoms with Gasteiger partial charge in [0.15, 0.2) is 0 Å². The van der Waals surface area contributed by atoms with Gasteiger partial charge in [0.1, 0.15) is 6.10 Å². The van der Waals surface area contributed by atoms with Crippen LogP contribution < -0.4 is 0 Å². The average Bonchev–Trinajstić information content (AvgIpc) is 2.28. The second-order valence-corrected chi connectivity index (χ2v) is 3.49. The number of hydrogen-bond donors (Lipinski definition) is 1. The lowest BCUT2D eigenvalue weighted by Gasteiger charge is -2.19. The van der Waals surface area contributed by atoms with Gasteiger partial charge < -0.3 is 5.11 Å². The molecule has 0 amide bonds. The minimum Gasteiger partial charge on any atom is -0.384 e. The largest absolute Gasteiger partial charge is 0.416 e. The van der Waals surface area contributed by atoms with E-state index < -0.39 is 17.9 Å². The first-order valence-electron chi connectivity index (χ1n) is 4.85. The number of allylic oxidation sites excluding steroid dienone is 1. The third kappa shape index (κ3) is 3.11. The lowest BCUT2D eigenvalue weighted by atomic mass is 9.97. The van der Waals surface area contributed by atoms with E-state index >= 15 is 0 Å². The molecule has 1 N–H and O–H groups in total. The van der Waals surface area contributed by atoms with E-state index in [0.29, 0.717) is 0 Å². The van der Waals surface area contributed by atoms with Crippen molar-refractivity contribution in [1.29, 1.82) is 0 Å². The van der Waals surface area contributed by atoms with Crippen LogP contribution in [-0.4, -0.2) is 11.3 Å². The van der Waals surface area contributed by atoms with Crippen molar-refractivity contribution in [2.45, 2.75) is 19.2 Å². The van der Waals surface area contributed by atoms with Crippen LogP contribution in [0.2, 0.25) is 0 Å². The third-order valence-corrected chi connectivity index (χ3v) is 2.31. The Bertz CT molecular complexity index is 452. The van der Waals surface area contributed by atoms with E-state index in [-0.39, 0.29) is 11.1 Å². The molecule has 0 fully saturated rings. The average molecular weight is 240 g/mol. The summed E-state index contributed by atoms with van der Waals surface area (Å²) in [6.45, 7) is 1.16. The Balaban J connectivity index is 3.25. The zero-order chi connectivity index (χ0) is 13.1. The summed E-state index contributed by atoms with van der Waals surface area (Å²) in [4.78, 5) is 0. The summed E-state index contributed by atoms with van der Waals surface area (Å²) in [7, 11) is 0. The van der Waals surface area contributed by atoms with Crippen LogP contribution in [0, 0.1) is 12.3 Å². The minimum atomic E-state index is -4.65. The molecule has 0 radical (unpaired) electrons. The fourth-order valence-corrected chi connectivity index (χ4v) is 1.45. The van der Waals surface area contributed by atoms with Crippen LogP contribution in [0.4, 0.5) is 13.2 Å². The molecule has 0 spiro atoms. The molecule has 0 bridgehead atoms. The number of alkyl halides is 3. The molecule has 0 saturated heterocycles. The molecule has 0 aliphatic carbocycles. The predicted molar refractivity (Wildman–Crippen MR) is 59.0 cm³/mol. The summed E-state index contributed by atoms with van der Waals surface area (Å²) in [6, 6.07) is 7.59. The quantitative estimate of drug-likeness (QED) is 0.787. The highest BCUT2D eigenvalue weighted by molar-refractivity contribution is 5.38. The second kappa shape index (κ2) is 5.07. The number of halogens is 3. The van der Waals surface area contributed by atoms with E-state index in [1.807, 2.05) is 5.92 Å². The molecule has 1 aromatic rings. The highest BCUT2D eigenvalue weighted by Crippen LogP contribution is 2.37. The number of aliphatic hydroxyl groups excluding tert-OH is 1. The van der Waals surface area contributed by atoms with Crippen molar-refractivity contribution in [2.24, 2.45) is 0 Å². The molecule has 1 unspecified atom stereocenters. The number of terminal acetylenes is 1. The van der Waals surface area contributed by atoms with Gasteiger partial charge in [-0.2, -0.15) is 13.2 Å². The maximum Gasteiger partial charge on any atom is 0.416 e. The van der Waals surface area contributed by atoms with Crippen LogP contribution in [0.5, 0.6) is 0 Å². The van der Waals surface area contributed by atoms with Crippen molar-refractivity contribution in [2.75, 3.05) is 0 Å². The van der Waals surface area contributed by atoms with E-state index in [1.54, 1.807) is 18.2 Å². The monoisotopic (exact) mass is 240 g/mol.